The van der Waals surface area contributed by atoms with Gasteiger partial charge in [-0.05, 0) is 44.6 Å². The van der Waals surface area contributed by atoms with Crippen LogP contribution in [-0.2, 0) is 4.74 Å². The van der Waals surface area contributed by atoms with Crippen LogP contribution in [0.5, 0.6) is 0 Å². The lowest BCUT2D eigenvalue weighted by molar-refractivity contribution is 0.0991. The molecule has 4 unspecified atom stereocenters. The molecule has 3 heterocycles. The van der Waals surface area contributed by atoms with Crippen molar-refractivity contribution in [1.82, 2.24) is 15.5 Å². The Balaban J connectivity index is 1.47. The SMILES string of the molecule is CN=C(NCC1CCCCN1CC(C)C)NC1CC2CCC1O2. The molecule has 3 aliphatic heterocycles. The zero-order valence-electron chi connectivity index (χ0n) is 15.1. The summed E-state index contributed by atoms with van der Waals surface area (Å²) in [6, 6.07) is 1.08. The first kappa shape index (κ1) is 17.0. The van der Waals surface area contributed by atoms with E-state index in [-0.39, 0.29) is 0 Å². The van der Waals surface area contributed by atoms with E-state index in [9.17, 15) is 0 Å². The van der Waals surface area contributed by atoms with Crippen LogP contribution in [-0.4, -0.2) is 61.8 Å². The molecule has 3 saturated heterocycles. The van der Waals surface area contributed by atoms with Gasteiger partial charge in [0.05, 0.1) is 18.2 Å². The average Bonchev–Trinajstić information content (AvgIpc) is 3.14. The maximum atomic E-state index is 5.93. The van der Waals surface area contributed by atoms with Crippen molar-refractivity contribution in [2.75, 3.05) is 26.7 Å². The van der Waals surface area contributed by atoms with Crippen molar-refractivity contribution in [3.05, 3.63) is 0 Å². The van der Waals surface area contributed by atoms with Gasteiger partial charge in [0.15, 0.2) is 5.96 Å². The molecular weight excluding hydrogens is 288 g/mol. The smallest absolute Gasteiger partial charge is 0.191 e. The second-order valence-corrected chi connectivity index (χ2v) is 7.85. The third-order valence-electron chi connectivity index (χ3n) is 5.51. The topological polar surface area (TPSA) is 48.9 Å². The highest BCUT2D eigenvalue weighted by molar-refractivity contribution is 5.80. The molecule has 5 nitrogen and oxygen atoms in total. The molecule has 0 aromatic heterocycles. The Kier molecular flexibility index (Phi) is 5.81. The van der Waals surface area contributed by atoms with Crippen LogP contribution in [0.25, 0.3) is 0 Å². The van der Waals surface area contributed by atoms with Gasteiger partial charge in [0.25, 0.3) is 0 Å². The lowest BCUT2D eigenvalue weighted by atomic mass is 9.96. The number of piperidine rings is 1. The molecule has 0 aromatic rings. The summed E-state index contributed by atoms with van der Waals surface area (Å²) in [5.41, 5.74) is 0. The number of rotatable bonds is 5. The third kappa shape index (κ3) is 4.38. The fourth-order valence-corrected chi connectivity index (χ4v) is 4.38. The fourth-order valence-electron chi connectivity index (χ4n) is 4.38. The van der Waals surface area contributed by atoms with Crippen molar-refractivity contribution >= 4 is 5.96 Å². The molecule has 132 valence electrons. The van der Waals surface area contributed by atoms with Crippen LogP contribution in [0.3, 0.4) is 0 Å². The largest absolute Gasteiger partial charge is 0.373 e. The molecule has 3 rings (SSSR count). The van der Waals surface area contributed by atoms with Gasteiger partial charge >= 0.3 is 0 Å². The van der Waals surface area contributed by atoms with Gasteiger partial charge in [0.2, 0.25) is 0 Å². The molecule has 3 aliphatic rings. The maximum Gasteiger partial charge on any atom is 0.191 e. The van der Waals surface area contributed by atoms with E-state index in [1.807, 2.05) is 7.05 Å². The second-order valence-electron chi connectivity index (χ2n) is 7.85. The minimum atomic E-state index is 0.394. The number of fused-ring (bicyclic) bond motifs is 2. The van der Waals surface area contributed by atoms with Crippen molar-refractivity contribution in [3.8, 4) is 0 Å². The molecule has 0 saturated carbocycles. The van der Waals surface area contributed by atoms with E-state index in [1.165, 1.54) is 45.2 Å². The van der Waals surface area contributed by atoms with Crippen LogP contribution in [0.15, 0.2) is 4.99 Å². The highest BCUT2D eigenvalue weighted by Gasteiger charge is 2.41. The first-order valence-corrected chi connectivity index (χ1v) is 9.52. The minimum Gasteiger partial charge on any atom is -0.373 e. The van der Waals surface area contributed by atoms with Gasteiger partial charge in [-0.1, -0.05) is 20.3 Å². The molecule has 2 N–H and O–H groups in total. The minimum absolute atomic E-state index is 0.394. The second kappa shape index (κ2) is 7.84. The molecule has 4 atom stereocenters. The summed E-state index contributed by atoms with van der Waals surface area (Å²) in [6.07, 6.45) is 8.44. The Morgan fingerprint density at radius 2 is 2.13 bits per heavy atom. The Morgan fingerprint density at radius 3 is 2.78 bits per heavy atom. The van der Waals surface area contributed by atoms with Crippen molar-refractivity contribution in [1.29, 1.82) is 0 Å². The molecule has 0 amide bonds. The molecule has 0 radical (unpaired) electrons. The van der Waals surface area contributed by atoms with Crippen LogP contribution < -0.4 is 10.6 Å². The Labute approximate surface area is 141 Å². The molecule has 0 aromatic carbocycles. The standard InChI is InChI=1S/C18H34N4O/c1-13(2)12-22-9-5-4-6-14(22)11-20-18(19-3)21-16-10-15-7-8-17(16)23-15/h13-17H,4-12H2,1-3H3,(H2,19,20,21). The molecule has 5 heteroatoms. The number of ether oxygens (including phenoxy) is 1. The van der Waals surface area contributed by atoms with Gasteiger partial charge in [-0.3, -0.25) is 9.89 Å². The zero-order valence-corrected chi connectivity index (χ0v) is 15.1. The lowest BCUT2D eigenvalue weighted by Crippen LogP contribution is -2.52. The Morgan fingerprint density at radius 1 is 1.26 bits per heavy atom. The Hall–Kier alpha value is -0.810. The van der Waals surface area contributed by atoms with E-state index in [0.717, 1.165) is 24.8 Å². The van der Waals surface area contributed by atoms with Crippen LogP contribution in [0.4, 0.5) is 0 Å². The van der Waals surface area contributed by atoms with Crippen molar-refractivity contribution in [3.63, 3.8) is 0 Å². The molecule has 0 aliphatic carbocycles. The lowest BCUT2D eigenvalue weighted by Gasteiger charge is -2.37. The number of nitrogens with one attached hydrogen (secondary N) is 2. The predicted octanol–water partition coefficient (Wildman–Crippen LogP) is 1.98. The highest BCUT2D eigenvalue weighted by Crippen LogP contribution is 2.34. The Bertz CT molecular complexity index is 412. The third-order valence-corrected chi connectivity index (χ3v) is 5.51. The fraction of sp³-hybridized carbons (Fsp3) is 0.944. The normalized spacial score (nSPS) is 35.0. The van der Waals surface area contributed by atoms with E-state index in [2.05, 4.69) is 34.4 Å². The molecule has 0 spiro atoms. The average molecular weight is 322 g/mol. The summed E-state index contributed by atoms with van der Waals surface area (Å²) in [6.45, 7) is 8.08. The quantitative estimate of drug-likeness (QED) is 0.600. The predicted molar refractivity (Wildman–Crippen MR) is 94.8 cm³/mol. The van der Waals surface area contributed by atoms with E-state index < -0.39 is 0 Å². The highest BCUT2D eigenvalue weighted by atomic mass is 16.5. The molecule has 3 fully saturated rings. The number of likely N-dealkylation sites (tertiary alicyclic amines) is 1. The monoisotopic (exact) mass is 322 g/mol. The number of hydrogen-bond donors (Lipinski definition) is 2. The van der Waals surface area contributed by atoms with E-state index in [4.69, 9.17) is 4.74 Å². The van der Waals surface area contributed by atoms with Gasteiger partial charge in [0.1, 0.15) is 0 Å². The molecular formula is C18H34N4O. The first-order chi connectivity index (χ1) is 11.2. The molecule has 23 heavy (non-hydrogen) atoms. The van der Waals surface area contributed by atoms with Crippen LogP contribution in [0, 0.1) is 5.92 Å². The summed E-state index contributed by atoms with van der Waals surface area (Å²) in [5, 5.41) is 7.16. The van der Waals surface area contributed by atoms with E-state index >= 15 is 0 Å². The maximum absolute atomic E-state index is 5.93. The number of guanidine groups is 1. The van der Waals surface area contributed by atoms with E-state index in [0.29, 0.717) is 24.3 Å². The summed E-state index contributed by atoms with van der Waals surface area (Å²) in [5.74, 6) is 1.68. The zero-order chi connectivity index (χ0) is 16.2. The van der Waals surface area contributed by atoms with Gasteiger partial charge in [0, 0.05) is 26.2 Å². The van der Waals surface area contributed by atoms with Gasteiger partial charge in [-0.25, -0.2) is 0 Å². The van der Waals surface area contributed by atoms with Crippen LogP contribution in [0.2, 0.25) is 0 Å². The number of aliphatic imine (C=N–C) groups is 1. The van der Waals surface area contributed by atoms with Crippen molar-refractivity contribution < 1.29 is 4.74 Å². The first-order valence-electron chi connectivity index (χ1n) is 9.52. The van der Waals surface area contributed by atoms with Crippen molar-refractivity contribution in [2.45, 2.75) is 76.7 Å². The summed E-state index contributed by atoms with van der Waals surface area (Å²) in [4.78, 5) is 7.09. The summed E-state index contributed by atoms with van der Waals surface area (Å²) < 4.78 is 5.93. The van der Waals surface area contributed by atoms with Crippen LogP contribution >= 0.6 is 0 Å². The number of nitrogens with zero attached hydrogens (tertiary/aromatic N) is 2. The summed E-state index contributed by atoms with van der Waals surface area (Å²) >= 11 is 0. The van der Waals surface area contributed by atoms with Crippen molar-refractivity contribution in [2.24, 2.45) is 10.9 Å². The van der Waals surface area contributed by atoms with Gasteiger partial charge in [-0.2, -0.15) is 0 Å². The van der Waals surface area contributed by atoms with Gasteiger partial charge < -0.3 is 15.4 Å². The van der Waals surface area contributed by atoms with E-state index in [1.54, 1.807) is 0 Å². The molecule has 2 bridgehead atoms. The number of hydrogen-bond acceptors (Lipinski definition) is 3. The van der Waals surface area contributed by atoms with Gasteiger partial charge in [-0.15, -0.1) is 0 Å². The van der Waals surface area contributed by atoms with Crippen LogP contribution in [0.1, 0.15) is 52.4 Å². The summed E-state index contributed by atoms with van der Waals surface area (Å²) in [7, 11) is 1.87.